The van der Waals surface area contributed by atoms with Gasteiger partial charge in [0.05, 0.1) is 0 Å². The number of rotatable bonds is 2. The quantitative estimate of drug-likeness (QED) is 0.804. The fourth-order valence-electron chi connectivity index (χ4n) is 1.90. The van der Waals surface area contributed by atoms with Gasteiger partial charge >= 0.3 is 0 Å². The van der Waals surface area contributed by atoms with E-state index in [1.54, 1.807) is 24.3 Å². The zero-order valence-electron chi connectivity index (χ0n) is 9.58. The Morgan fingerprint density at radius 3 is 2.71 bits per heavy atom. The van der Waals surface area contributed by atoms with Crippen LogP contribution < -0.4 is 5.43 Å². The Morgan fingerprint density at radius 1 is 1.24 bits per heavy atom. The normalized spacial score (nSPS) is 15.5. The van der Waals surface area contributed by atoms with Crippen molar-refractivity contribution in [2.45, 2.75) is 32.1 Å². The van der Waals surface area contributed by atoms with Crippen molar-refractivity contribution in [2.75, 3.05) is 0 Å². The van der Waals surface area contributed by atoms with Crippen molar-refractivity contribution in [3.63, 3.8) is 0 Å². The third-order valence-electron chi connectivity index (χ3n) is 2.83. The number of nitrogens with zero attached hydrogens (tertiary/aromatic N) is 1. The standard InChI is InChI=1S/C13H15ClN2O/c14-11-6-4-5-10(9-11)13(17)16-15-12-7-2-1-3-8-12/h4-6,9H,1-3,7-8H2,(H,16,17). The Bertz CT molecular complexity index is 435. The molecule has 17 heavy (non-hydrogen) atoms. The highest BCUT2D eigenvalue weighted by molar-refractivity contribution is 6.30. The van der Waals surface area contributed by atoms with Crippen LogP contribution in [0.25, 0.3) is 0 Å². The summed E-state index contributed by atoms with van der Waals surface area (Å²) in [5, 5.41) is 4.72. The molecule has 1 aliphatic rings. The van der Waals surface area contributed by atoms with E-state index in [0.717, 1.165) is 18.6 Å². The van der Waals surface area contributed by atoms with E-state index in [2.05, 4.69) is 10.5 Å². The van der Waals surface area contributed by atoms with Crippen LogP contribution in [-0.4, -0.2) is 11.6 Å². The summed E-state index contributed by atoms with van der Waals surface area (Å²) in [7, 11) is 0. The first-order valence-corrected chi connectivity index (χ1v) is 6.25. The summed E-state index contributed by atoms with van der Waals surface area (Å²) in [6.45, 7) is 0. The highest BCUT2D eigenvalue weighted by atomic mass is 35.5. The molecule has 0 heterocycles. The van der Waals surface area contributed by atoms with Gasteiger partial charge in [-0.2, -0.15) is 5.10 Å². The summed E-state index contributed by atoms with van der Waals surface area (Å²) < 4.78 is 0. The average Bonchev–Trinajstić information content (AvgIpc) is 2.37. The molecule has 0 aliphatic heterocycles. The van der Waals surface area contributed by atoms with Crippen LogP contribution >= 0.6 is 11.6 Å². The maximum atomic E-state index is 11.8. The molecule has 0 spiro atoms. The van der Waals surface area contributed by atoms with E-state index in [1.165, 1.54) is 19.3 Å². The minimum Gasteiger partial charge on any atom is -0.267 e. The highest BCUT2D eigenvalue weighted by Crippen LogP contribution is 2.14. The van der Waals surface area contributed by atoms with Crippen molar-refractivity contribution < 1.29 is 4.79 Å². The molecule has 1 aromatic carbocycles. The smallest absolute Gasteiger partial charge is 0.267 e. The molecule has 3 nitrogen and oxygen atoms in total. The van der Waals surface area contributed by atoms with Crippen molar-refractivity contribution in [2.24, 2.45) is 5.10 Å². The molecule has 4 heteroatoms. The van der Waals surface area contributed by atoms with Gasteiger partial charge < -0.3 is 0 Å². The predicted octanol–water partition coefficient (Wildman–Crippen LogP) is 3.39. The molecule has 1 amide bonds. The van der Waals surface area contributed by atoms with Crippen LogP contribution in [-0.2, 0) is 0 Å². The lowest BCUT2D eigenvalue weighted by Crippen LogP contribution is -2.20. The summed E-state index contributed by atoms with van der Waals surface area (Å²) in [6.07, 6.45) is 5.60. The Morgan fingerprint density at radius 2 is 2.00 bits per heavy atom. The zero-order chi connectivity index (χ0) is 12.1. The predicted molar refractivity (Wildman–Crippen MR) is 69.4 cm³/mol. The van der Waals surface area contributed by atoms with Gasteiger partial charge in [-0.3, -0.25) is 4.79 Å². The second-order valence-electron chi connectivity index (χ2n) is 4.19. The number of benzene rings is 1. The molecule has 1 saturated carbocycles. The summed E-state index contributed by atoms with van der Waals surface area (Å²) in [5.74, 6) is -0.203. The van der Waals surface area contributed by atoms with E-state index in [1.807, 2.05) is 0 Å². The molecule has 0 atom stereocenters. The summed E-state index contributed by atoms with van der Waals surface area (Å²) >= 11 is 5.82. The van der Waals surface area contributed by atoms with Crippen LogP contribution in [0.3, 0.4) is 0 Å². The lowest BCUT2D eigenvalue weighted by atomic mass is 9.99. The van der Waals surface area contributed by atoms with Crippen molar-refractivity contribution >= 4 is 23.2 Å². The van der Waals surface area contributed by atoms with Crippen molar-refractivity contribution in [1.29, 1.82) is 0 Å². The van der Waals surface area contributed by atoms with Crippen LogP contribution in [0.1, 0.15) is 42.5 Å². The minimum atomic E-state index is -0.203. The third kappa shape index (κ3) is 3.56. The molecule has 0 bridgehead atoms. The van der Waals surface area contributed by atoms with E-state index >= 15 is 0 Å². The Labute approximate surface area is 106 Å². The number of halogens is 1. The Balaban J connectivity index is 1.97. The molecular formula is C13H15ClN2O. The fraction of sp³-hybridized carbons (Fsp3) is 0.385. The lowest BCUT2D eigenvalue weighted by Gasteiger charge is -2.11. The second-order valence-corrected chi connectivity index (χ2v) is 4.63. The van der Waals surface area contributed by atoms with E-state index in [9.17, 15) is 4.79 Å². The number of carbonyl (C=O) groups excluding carboxylic acids is 1. The summed E-state index contributed by atoms with van der Waals surface area (Å²) in [5.41, 5.74) is 4.22. The fourth-order valence-corrected chi connectivity index (χ4v) is 2.09. The molecule has 1 N–H and O–H groups in total. The van der Waals surface area contributed by atoms with Gasteiger partial charge in [-0.05, 0) is 43.9 Å². The van der Waals surface area contributed by atoms with Crippen LogP contribution in [0.15, 0.2) is 29.4 Å². The van der Waals surface area contributed by atoms with Gasteiger partial charge in [-0.15, -0.1) is 0 Å². The van der Waals surface area contributed by atoms with Gasteiger partial charge in [0.15, 0.2) is 0 Å². The monoisotopic (exact) mass is 250 g/mol. The molecule has 1 aliphatic carbocycles. The molecule has 0 aromatic heterocycles. The zero-order valence-corrected chi connectivity index (χ0v) is 10.3. The van der Waals surface area contributed by atoms with Gasteiger partial charge in [0.25, 0.3) is 5.91 Å². The number of hydrazone groups is 1. The van der Waals surface area contributed by atoms with Crippen LogP contribution in [0.2, 0.25) is 5.02 Å². The topological polar surface area (TPSA) is 41.5 Å². The van der Waals surface area contributed by atoms with Crippen LogP contribution in [0.4, 0.5) is 0 Å². The van der Waals surface area contributed by atoms with Gasteiger partial charge in [0, 0.05) is 16.3 Å². The number of hydrogen-bond donors (Lipinski definition) is 1. The first-order valence-electron chi connectivity index (χ1n) is 5.87. The van der Waals surface area contributed by atoms with Crippen molar-refractivity contribution in [3.05, 3.63) is 34.9 Å². The number of hydrogen-bond acceptors (Lipinski definition) is 2. The minimum absolute atomic E-state index is 0.203. The molecule has 2 rings (SSSR count). The highest BCUT2D eigenvalue weighted by Gasteiger charge is 2.08. The third-order valence-corrected chi connectivity index (χ3v) is 3.07. The molecule has 0 radical (unpaired) electrons. The second kappa shape index (κ2) is 5.82. The Kier molecular flexibility index (Phi) is 4.15. The largest absolute Gasteiger partial charge is 0.271 e. The molecular weight excluding hydrogens is 236 g/mol. The van der Waals surface area contributed by atoms with Gasteiger partial charge in [-0.1, -0.05) is 24.1 Å². The van der Waals surface area contributed by atoms with Gasteiger partial charge in [0.1, 0.15) is 0 Å². The van der Waals surface area contributed by atoms with E-state index < -0.39 is 0 Å². The molecule has 1 aromatic rings. The molecule has 1 fully saturated rings. The van der Waals surface area contributed by atoms with E-state index in [0.29, 0.717) is 10.6 Å². The van der Waals surface area contributed by atoms with Crippen LogP contribution in [0.5, 0.6) is 0 Å². The average molecular weight is 251 g/mol. The Hall–Kier alpha value is -1.35. The van der Waals surface area contributed by atoms with E-state index in [4.69, 9.17) is 11.6 Å². The van der Waals surface area contributed by atoms with Crippen molar-refractivity contribution in [3.8, 4) is 0 Å². The number of carbonyl (C=O) groups is 1. The summed E-state index contributed by atoms with van der Waals surface area (Å²) in [6, 6.07) is 6.86. The van der Waals surface area contributed by atoms with Gasteiger partial charge in [0.2, 0.25) is 0 Å². The first-order chi connectivity index (χ1) is 8.25. The lowest BCUT2D eigenvalue weighted by molar-refractivity contribution is 0.0954. The molecule has 0 unspecified atom stereocenters. The first kappa shape index (κ1) is 12.1. The van der Waals surface area contributed by atoms with Crippen molar-refractivity contribution in [1.82, 2.24) is 5.43 Å². The summed E-state index contributed by atoms with van der Waals surface area (Å²) in [4.78, 5) is 11.8. The SMILES string of the molecule is O=C(NN=C1CCCCC1)c1cccc(Cl)c1. The maximum absolute atomic E-state index is 11.8. The maximum Gasteiger partial charge on any atom is 0.271 e. The number of nitrogens with one attached hydrogen (secondary N) is 1. The van der Waals surface area contributed by atoms with Gasteiger partial charge in [-0.25, -0.2) is 5.43 Å². The van der Waals surface area contributed by atoms with E-state index in [-0.39, 0.29) is 5.91 Å². The van der Waals surface area contributed by atoms with Crippen LogP contribution in [0, 0.1) is 0 Å². The molecule has 90 valence electrons. The molecule has 0 saturated heterocycles. The number of amides is 1.